The van der Waals surface area contributed by atoms with Crippen molar-refractivity contribution in [1.29, 1.82) is 0 Å². The van der Waals surface area contributed by atoms with Crippen molar-refractivity contribution in [2.24, 2.45) is 28.6 Å². The molecule has 3 nitrogen and oxygen atoms in total. The molecule has 0 heterocycles. The number of aliphatic hydroxyl groups excluding tert-OH is 1. The van der Waals surface area contributed by atoms with E-state index in [9.17, 15) is 9.90 Å². The highest BCUT2D eigenvalue weighted by molar-refractivity contribution is 6.74. The molecule has 0 aromatic carbocycles. The number of hydrogen-bond donors (Lipinski definition) is 1. The molecule has 0 aliphatic heterocycles. The van der Waals surface area contributed by atoms with E-state index in [2.05, 4.69) is 40.8 Å². The Morgan fingerprint density at radius 3 is 2.50 bits per heavy atom. The molecule has 2 unspecified atom stereocenters. The van der Waals surface area contributed by atoms with Gasteiger partial charge in [-0.3, -0.25) is 0 Å². The Kier molecular flexibility index (Phi) is 5.69. The standard InChI is InChI=1S/C26H50O3Si/c1-19(18-27)25(6,16-10-12-20(2)28)23-15-14-21-22(13-11-17-26(21,23)7)29-30(8,9)24(3,4)5/h18-23,28H,10-17H2,1-9H3/t19?,20?,21-,22-,23-,25-,26-/m0/s1/i1D3,2D3. The predicted octanol–water partition coefficient (Wildman–Crippen LogP) is 6.99. The molecule has 0 amide bonds. The SMILES string of the molecule is [2H]C([2H])([2H])C(O)CCC[C@@](C)(C(C=O)C([2H])([2H])[2H])[C@@H]1CC[C@H]2[C@@H](O[Si](C)(C)C(C)(C)C)CCC[C@]12C. The molecule has 0 radical (unpaired) electrons. The first-order valence-corrected chi connectivity index (χ1v) is 14.8. The van der Waals surface area contributed by atoms with Crippen LogP contribution < -0.4 is 0 Å². The van der Waals surface area contributed by atoms with Crippen molar-refractivity contribution in [3.8, 4) is 0 Å². The van der Waals surface area contributed by atoms with Crippen molar-refractivity contribution >= 4 is 14.6 Å². The summed E-state index contributed by atoms with van der Waals surface area (Å²) in [6, 6.07) is 0. The monoisotopic (exact) mass is 444 g/mol. The molecule has 1 N–H and O–H groups in total. The maximum Gasteiger partial charge on any atom is 0.192 e. The molecule has 2 saturated carbocycles. The van der Waals surface area contributed by atoms with Crippen LogP contribution in [0.15, 0.2) is 0 Å². The summed E-state index contributed by atoms with van der Waals surface area (Å²) in [6.07, 6.45) is 4.87. The number of carbonyl (C=O) groups is 1. The van der Waals surface area contributed by atoms with Crippen LogP contribution in [0, 0.1) is 28.6 Å². The summed E-state index contributed by atoms with van der Waals surface area (Å²) >= 11 is 0. The van der Waals surface area contributed by atoms with Gasteiger partial charge in [0.25, 0.3) is 0 Å². The fourth-order valence-corrected chi connectivity index (χ4v) is 7.67. The van der Waals surface area contributed by atoms with E-state index >= 15 is 0 Å². The number of aldehydes is 1. The molecule has 0 saturated heterocycles. The molecule has 2 rings (SSSR count). The lowest BCUT2D eigenvalue weighted by Gasteiger charge is -2.53. The minimum Gasteiger partial charge on any atom is -0.414 e. The highest BCUT2D eigenvalue weighted by Gasteiger charge is 2.58. The van der Waals surface area contributed by atoms with Crippen LogP contribution in [0.3, 0.4) is 0 Å². The molecule has 0 spiro atoms. The largest absolute Gasteiger partial charge is 0.414 e. The van der Waals surface area contributed by atoms with Crippen molar-refractivity contribution in [2.45, 2.75) is 130 Å². The zero-order valence-electron chi connectivity index (χ0n) is 26.4. The first-order chi connectivity index (χ1) is 16.1. The Hall–Kier alpha value is -0.193. The molecule has 2 fully saturated rings. The van der Waals surface area contributed by atoms with E-state index in [1.54, 1.807) is 0 Å². The lowest BCUT2D eigenvalue weighted by molar-refractivity contribution is -0.119. The van der Waals surface area contributed by atoms with E-state index in [4.69, 9.17) is 12.7 Å². The Labute approximate surface area is 196 Å². The normalized spacial score (nSPS) is 37.9. The maximum absolute atomic E-state index is 12.3. The average Bonchev–Trinajstić information content (AvgIpc) is 3.04. The number of aliphatic hydroxyl groups is 1. The molecule has 7 atom stereocenters. The van der Waals surface area contributed by atoms with Crippen LogP contribution in [0.4, 0.5) is 0 Å². The van der Waals surface area contributed by atoms with Crippen LogP contribution in [-0.2, 0) is 9.22 Å². The Bertz CT molecular complexity index is 762. The van der Waals surface area contributed by atoms with Crippen LogP contribution in [0.5, 0.6) is 0 Å². The van der Waals surface area contributed by atoms with Gasteiger partial charge in [-0.05, 0) is 86.2 Å². The molecule has 4 heteroatoms. The van der Waals surface area contributed by atoms with Gasteiger partial charge in [0.1, 0.15) is 6.29 Å². The van der Waals surface area contributed by atoms with Crippen LogP contribution >= 0.6 is 0 Å². The lowest BCUT2D eigenvalue weighted by atomic mass is 9.54. The van der Waals surface area contributed by atoms with E-state index in [1.165, 1.54) is 0 Å². The summed E-state index contributed by atoms with van der Waals surface area (Å²) < 4.78 is 54.0. The van der Waals surface area contributed by atoms with Crippen LogP contribution in [-0.4, -0.2) is 31.9 Å². The minimum absolute atomic E-state index is 0.00125. The van der Waals surface area contributed by atoms with E-state index in [-0.39, 0.29) is 28.9 Å². The van der Waals surface area contributed by atoms with Gasteiger partial charge < -0.3 is 14.3 Å². The first-order valence-electron chi connectivity index (χ1n) is 14.9. The Morgan fingerprint density at radius 2 is 1.93 bits per heavy atom. The fourth-order valence-electron chi connectivity index (χ4n) is 6.28. The minimum atomic E-state index is -2.47. The first kappa shape index (κ1) is 18.3. The van der Waals surface area contributed by atoms with Crippen LogP contribution in [0.1, 0.15) is 108 Å². The van der Waals surface area contributed by atoms with Gasteiger partial charge in [0, 0.05) is 20.2 Å². The van der Waals surface area contributed by atoms with Gasteiger partial charge in [-0.2, -0.15) is 0 Å². The Morgan fingerprint density at radius 1 is 1.23 bits per heavy atom. The van der Waals surface area contributed by atoms with E-state index in [0.717, 1.165) is 32.1 Å². The summed E-state index contributed by atoms with van der Waals surface area (Å²) in [5.41, 5.74) is -0.987. The van der Waals surface area contributed by atoms with Crippen molar-refractivity contribution in [3.63, 3.8) is 0 Å². The number of rotatable bonds is 9. The van der Waals surface area contributed by atoms with Gasteiger partial charge in [-0.25, -0.2) is 0 Å². The number of fused-ring (bicyclic) bond motifs is 1. The van der Waals surface area contributed by atoms with Crippen LogP contribution in [0.25, 0.3) is 0 Å². The van der Waals surface area contributed by atoms with Crippen molar-refractivity contribution < 1.29 is 22.6 Å². The molecule has 0 aromatic rings. The second-order valence-electron chi connectivity index (χ2n) is 12.1. The third-order valence-corrected chi connectivity index (χ3v) is 13.7. The zero-order chi connectivity index (χ0) is 28.0. The highest BCUT2D eigenvalue weighted by Crippen LogP contribution is 2.64. The van der Waals surface area contributed by atoms with Crippen molar-refractivity contribution in [3.05, 3.63) is 0 Å². The molecule has 176 valence electrons. The van der Waals surface area contributed by atoms with Crippen molar-refractivity contribution in [1.82, 2.24) is 0 Å². The lowest BCUT2D eigenvalue weighted by Crippen LogP contribution is -2.52. The third kappa shape index (κ3) is 5.07. The topological polar surface area (TPSA) is 46.5 Å². The zero-order valence-corrected chi connectivity index (χ0v) is 21.4. The second kappa shape index (κ2) is 9.35. The molecule has 30 heavy (non-hydrogen) atoms. The summed E-state index contributed by atoms with van der Waals surface area (Å²) in [5.74, 6) is -0.833. The molecule has 2 aliphatic rings. The van der Waals surface area contributed by atoms with Gasteiger partial charge in [-0.1, -0.05) is 54.3 Å². The summed E-state index contributed by atoms with van der Waals surface area (Å²) in [5, 5.41) is 10.2. The highest BCUT2D eigenvalue weighted by atomic mass is 28.4. The predicted molar refractivity (Wildman–Crippen MR) is 129 cm³/mol. The maximum atomic E-state index is 12.3. The van der Waals surface area contributed by atoms with Gasteiger partial charge >= 0.3 is 0 Å². The van der Waals surface area contributed by atoms with Gasteiger partial charge in [-0.15, -0.1) is 0 Å². The molecule has 0 bridgehead atoms. The van der Waals surface area contributed by atoms with E-state index in [1.807, 2.05) is 6.92 Å². The smallest absolute Gasteiger partial charge is 0.192 e. The van der Waals surface area contributed by atoms with E-state index < -0.39 is 39.5 Å². The number of hydrogen-bond acceptors (Lipinski definition) is 3. The van der Waals surface area contributed by atoms with Gasteiger partial charge in [0.15, 0.2) is 8.32 Å². The fraction of sp³-hybridized carbons (Fsp3) is 0.962. The molecule has 0 aromatic heterocycles. The molecular formula is C26H50O3Si. The molecule has 2 aliphatic carbocycles. The van der Waals surface area contributed by atoms with Gasteiger partial charge in [0.2, 0.25) is 0 Å². The van der Waals surface area contributed by atoms with E-state index in [0.29, 0.717) is 25.0 Å². The Balaban J connectivity index is 2.40. The van der Waals surface area contributed by atoms with Gasteiger partial charge in [0.05, 0.1) is 6.10 Å². The van der Waals surface area contributed by atoms with Crippen LogP contribution in [0.2, 0.25) is 18.1 Å². The van der Waals surface area contributed by atoms with Crippen molar-refractivity contribution in [2.75, 3.05) is 0 Å². The third-order valence-electron chi connectivity index (χ3n) is 9.15. The summed E-state index contributed by atoms with van der Waals surface area (Å²) in [6.45, 7) is 10.6. The second-order valence-corrected chi connectivity index (χ2v) is 16.8. The number of carbonyl (C=O) groups excluding carboxylic acids is 1. The summed E-state index contributed by atoms with van der Waals surface area (Å²) in [7, 11) is -1.99. The molecular weight excluding hydrogens is 388 g/mol. The quantitative estimate of drug-likeness (QED) is 0.308. The average molecular weight is 445 g/mol. The summed E-state index contributed by atoms with van der Waals surface area (Å²) in [4.78, 5) is 12.3.